The van der Waals surface area contributed by atoms with Crippen molar-refractivity contribution >= 4 is 62.3 Å². The van der Waals surface area contributed by atoms with E-state index in [0.717, 1.165) is 10.6 Å². The third-order valence-corrected chi connectivity index (χ3v) is 6.84. The summed E-state index contributed by atoms with van der Waals surface area (Å²) in [5, 5.41) is 3.35. The number of likely N-dealkylation sites (N-methyl/N-ethyl adjacent to an activating group) is 1. The molecule has 0 fully saturated rings. The topological polar surface area (TPSA) is 86.8 Å². The number of benzene rings is 2. The average Bonchev–Trinajstić information content (AvgIpc) is 2.73. The molecule has 1 atom stereocenters. The second kappa shape index (κ2) is 11.2. The van der Waals surface area contributed by atoms with Crippen LogP contribution in [0.1, 0.15) is 18.9 Å². The Hall–Kier alpha value is -2.00. The fourth-order valence-electron chi connectivity index (χ4n) is 3.17. The van der Waals surface area contributed by atoms with Crippen LogP contribution in [0.5, 0.6) is 0 Å². The van der Waals surface area contributed by atoms with Crippen molar-refractivity contribution in [3.05, 3.63) is 63.1 Å². The number of carbonyl (C=O) groups is 2. The molecule has 0 aromatic heterocycles. The molecule has 0 saturated carbocycles. The van der Waals surface area contributed by atoms with E-state index in [2.05, 4.69) is 5.32 Å². The maximum atomic E-state index is 13.4. The van der Waals surface area contributed by atoms with Gasteiger partial charge in [-0.25, -0.2) is 8.42 Å². The van der Waals surface area contributed by atoms with Crippen molar-refractivity contribution in [3.8, 4) is 0 Å². The number of halogens is 3. The molecular weight excluding hydrogens is 497 g/mol. The van der Waals surface area contributed by atoms with E-state index in [1.54, 1.807) is 31.2 Å². The molecule has 0 bridgehead atoms. The third-order valence-electron chi connectivity index (χ3n) is 4.79. The van der Waals surface area contributed by atoms with Crippen molar-refractivity contribution < 1.29 is 18.0 Å². The second-order valence-electron chi connectivity index (χ2n) is 7.02. The molecule has 174 valence electrons. The summed E-state index contributed by atoms with van der Waals surface area (Å²) in [6.45, 7) is 1.21. The maximum absolute atomic E-state index is 13.4. The Morgan fingerprint density at radius 1 is 1.06 bits per heavy atom. The summed E-state index contributed by atoms with van der Waals surface area (Å²) in [5.41, 5.74) is 0.692. The van der Waals surface area contributed by atoms with Gasteiger partial charge in [0.25, 0.3) is 0 Å². The first-order valence-electron chi connectivity index (χ1n) is 9.66. The van der Waals surface area contributed by atoms with Gasteiger partial charge in [-0.1, -0.05) is 59.9 Å². The molecule has 7 nitrogen and oxygen atoms in total. The van der Waals surface area contributed by atoms with Gasteiger partial charge in [0.15, 0.2) is 0 Å². The van der Waals surface area contributed by atoms with Crippen molar-refractivity contribution in [1.82, 2.24) is 10.2 Å². The Kier molecular flexibility index (Phi) is 9.21. The number of nitrogens with one attached hydrogen (secondary N) is 1. The predicted molar refractivity (Wildman–Crippen MR) is 129 cm³/mol. The first-order valence-corrected chi connectivity index (χ1v) is 12.6. The Morgan fingerprint density at radius 2 is 1.72 bits per heavy atom. The van der Waals surface area contributed by atoms with Gasteiger partial charge in [0, 0.05) is 23.6 Å². The van der Waals surface area contributed by atoms with E-state index in [9.17, 15) is 18.0 Å². The molecule has 0 saturated heterocycles. The van der Waals surface area contributed by atoms with Crippen molar-refractivity contribution in [3.63, 3.8) is 0 Å². The van der Waals surface area contributed by atoms with E-state index in [4.69, 9.17) is 34.8 Å². The molecule has 2 aromatic rings. The smallest absolute Gasteiger partial charge is 0.244 e. The summed E-state index contributed by atoms with van der Waals surface area (Å²) < 4.78 is 26.0. The Labute approximate surface area is 203 Å². The largest absolute Gasteiger partial charge is 0.357 e. The van der Waals surface area contributed by atoms with E-state index < -0.39 is 28.5 Å². The predicted octanol–water partition coefficient (Wildman–Crippen LogP) is 3.97. The number of nitrogens with zero attached hydrogens (tertiary/aromatic N) is 2. The summed E-state index contributed by atoms with van der Waals surface area (Å²) in [4.78, 5) is 27.3. The number of hydrogen-bond acceptors (Lipinski definition) is 4. The highest BCUT2D eigenvalue weighted by Gasteiger charge is 2.32. The molecule has 0 unspecified atom stereocenters. The van der Waals surface area contributed by atoms with Crippen molar-refractivity contribution in [2.24, 2.45) is 0 Å². The fraction of sp³-hybridized carbons (Fsp3) is 0.333. The SMILES string of the molecule is CC[C@H](C(=O)NC)N(Cc1ccccc1Cl)C(=O)CN(c1cc(Cl)ccc1Cl)S(C)(=O)=O. The minimum Gasteiger partial charge on any atom is -0.357 e. The number of carbonyl (C=O) groups excluding carboxylic acids is 2. The van der Waals surface area contributed by atoms with E-state index in [-0.39, 0.29) is 28.2 Å². The summed E-state index contributed by atoms with van der Waals surface area (Å²) in [5.74, 6) is -0.971. The number of sulfonamides is 1. The van der Waals surface area contributed by atoms with Gasteiger partial charge in [0.05, 0.1) is 17.0 Å². The van der Waals surface area contributed by atoms with Gasteiger partial charge in [-0.2, -0.15) is 0 Å². The standard InChI is InChI=1S/C21H24Cl3N3O4S/c1-4-18(21(29)25-2)26(12-14-7-5-6-8-16(14)23)20(28)13-27(32(3,30)31)19-11-15(22)9-10-17(19)24/h5-11,18H,4,12-13H2,1-3H3,(H,25,29)/t18-/m1/s1. The van der Waals surface area contributed by atoms with Crippen LogP contribution >= 0.6 is 34.8 Å². The molecule has 1 N–H and O–H groups in total. The zero-order valence-electron chi connectivity index (χ0n) is 17.8. The minimum atomic E-state index is -3.91. The molecule has 2 aromatic carbocycles. The lowest BCUT2D eigenvalue weighted by atomic mass is 10.1. The lowest BCUT2D eigenvalue weighted by Crippen LogP contribution is -2.51. The maximum Gasteiger partial charge on any atom is 0.244 e. The molecule has 2 rings (SSSR count). The first-order chi connectivity index (χ1) is 15.0. The van der Waals surface area contributed by atoms with Crippen LogP contribution in [0, 0.1) is 0 Å². The molecular formula is C21H24Cl3N3O4S. The summed E-state index contributed by atoms with van der Waals surface area (Å²) in [6.07, 6.45) is 1.28. The van der Waals surface area contributed by atoms with E-state index in [0.29, 0.717) is 17.0 Å². The molecule has 2 amide bonds. The Morgan fingerprint density at radius 3 is 2.28 bits per heavy atom. The molecule has 0 aliphatic rings. The molecule has 32 heavy (non-hydrogen) atoms. The van der Waals surface area contributed by atoms with Gasteiger partial charge < -0.3 is 10.2 Å². The molecule has 0 radical (unpaired) electrons. The third kappa shape index (κ3) is 6.51. The zero-order chi connectivity index (χ0) is 24.1. The van der Waals surface area contributed by atoms with E-state index in [1.165, 1.54) is 30.1 Å². The Bertz CT molecular complexity index is 1100. The van der Waals surface area contributed by atoms with Crippen molar-refractivity contribution in [1.29, 1.82) is 0 Å². The molecule has 0 spiro atoms. The lowest BCUT2D eigenvalue weighted by Gasteiger charge is -2.33. The van der Waals surface area contributed by atoms with Gasteiger partial charge in [0.1, 0.15) is 12.6 Å². The number of rotatable bonds is 9. The quantitative estimate of drug-likeness (QED) is 0.542. The van der Waals surface area contributed by atoms with Crippen LogP contribution in [0.3, 0.4) is 0 Å². The van der Waals surface area contributed by atoms with Crippen LogP contribution in [0.15, 0.2) is 42.5 Å². The van der Waals surface area contributed by atoms with E-state index >= 15 is 0 Å². The normalized spacial score (nSPS) is 12.2. The van der Waals surface area contributed by atoms with Crippen LogP contribution in [0.2, 0.25) is 15.1 Å². The second-order valence-corrected chi connectivity index (χ2v) is 10.2. The van der Waals surface area contributed by atoms with Crippen LogP contribution in [-0.4, -0.2) is 51.0 Å². The van der Waals surface area contributed by atoms with Gasteiger partial charge in [-0.15, -0.1) is 0 Å². The van der Waals surface area contributed by atoms with Crippen LogP contribution in [-0.2, 0) is 26.2 Å². The number of anilines is 1. The lowest BCUT2D eigenvalue weighted by molar-refractivity contribution is -0.140. The average molecular weight is 521 g/mol. The summed E-state index contributed by atoms with van der Waals surface area (Å²) in [6, 6.07) is 10.4. The van der Waals surface area contributed by atoms with Gasteiger partial charge >= 0.3 is 0 Å². The van der Waals surface area contributed by atoms with Crippen molar-refractivity contribution in [2.75, 3.05) is 24.2 Å². The zero-order valence-corrected chi connectivity index (χ0v) is 20.9. The van der Waals surface area contributed by atoms with Crippen LogP contribution in [0.4, 0.5) is 5.69 Å². The summed E-state index contributed by atoms with van der Waals surface area (Å²) in [7, 11) is -2.44. The number of hydrogen-bond donors (Lipinski definition) is 1. The molecule has 0 aliphatic carbocycles. The first kappa shape index (κ1) is 26.3. The monoisotopic (exact) mass is 519 g/mol. The van der Waals surface area contributed by atoms with Crippen LogP contribution in [0.25, 0.3) is 0 Å². The highest BCUT2D eigenvalue weighted by atomic mass is 35.5. The van der Waals surface area contributed by atoms with Crippen LogP contribution < -0.4 is 9.62 Å². The Balaban J connectivity index is 2.49. The highest BCUT2D eigenvalue weighted by Crippen LogP contribution is 2.31. The van der Waals surface area contributed by atoms with E-state index in [1.807, 2.05) is 0 Å². The highest BCUT2D eigenvalue weighted by molar-refractivity contribution is 7.92. The molecule has 0 heterocycles. The number of amides is 2. The van der Waals surface area contributed by atoms with Crippen molar-refractivity contribution in [2.45, 2.75) is 25.9 Å². The van der Waals surface area contributed by atoms with Gasteiger partial charge in [0.2, 0.25) is 21.8 Å². The summed E-state index contributed by atoms with van der Waals surface area (Å²) >= 11 is 18.5. The fourth-order valence-corrected chi connectivity index (χ4v) is 4.65. The van der Waals surface area contributed by atoms with Gasteiger partial charge in [-0.05, 0) is 36.2 Å². The van der Waals surface area contributed by atoms with Gasteiger partial charge in [-0.3, -0.25) is 13.9 Å². The molecule has 0 aliphatic heterocycles. The minimum absolute atomic E-state index is 0.0192. The molecule has 11 heteroatoms.